The van der Waals surface area contributed by atoms with E-state index in [1.807, 2.05) is 34.9 Å². The van der Waals surface area contributed by atoms with E-state index in [-0.39, 0.29) is 5.97 Å². The Bertz CT molecular complexity index is 1360. The number of carbonyl (C=O) groups is 1. The molecule has 0 bridgehead atoms. The summed E-state index contributed by atoms with van der Waals surface area (Å²) < 4.78 is 40.8. The zero-order valence-corrected chi connectivity index (χ0v) is 19.3. The minimum atomic E-state index is -0.944. The van der Waals surface area contributed by atoms with Crippen molar-refractivity contribution in [2.24, 2.45) is 5.92 Å². The summed E-state index contributed by atoms with van der Waals surface area (Å²) in [7, 11) is 1.37. The molecule has 1 fully saturated rings. The largest absolute Gasteiger partial charge is 0.477 e. The zero-order valence-electron chi connectivity index (χ0n) is 19.3. The number of hydrogen-bond acceptors (Lipinski definition) is 5. The van der Waals surface area contributed by atoms with E-state index in [0.29, 0.717) is 60.2 Å². The average molecular weight is 478 g/mol. The van der Waals surface area contributed by atoms with Crippen molar-refractivity contribution in [1.82, 2.24) is 14.5 Å². The van der Waals surface area contributed by atoms with E-state index in [4.69, 9.17) is 9.47 Å². The van der Waals surface area contributed by atoms with E-state index in [9.17, 15) is 13.6 Å². The van der Waals surface area contributed by atoms with Crippen molar-refractivity contribution in [1.29, 1.82) is 0 Å². The highest BCUT2D eigenvalue weighted by Crippen LogP contribution is 2.34. The molecule has 0 atom stereocenters. The van der Waals surface area contributed by atoms with Crippen LogP contribution in [-0.4, -0.2) is 34.2 Å². The minimum absolute atomic E-state index is 0.256. The number of imidazole rings is 1. The molecule has 0 unspecified atom stereocenters. The van der Waals surface area contributed by atoms with Crippen LogP contribution in [-0.2, 0) is 22.5 Å². The van der Waals surface area contributed by atoms with Gasteiger partial charge in [-0.2, -0.15) is 0 Å². The molecule has 1 saturated carbocycles. The fourth-order valence-electron chi connectivity index (χ4n) is 3.99. The number of esters is 1. The number of benzene rings is 2. The first-order chi connectivity index (χ1) is 17.0. The van der Waals surface area contributed by atoms with Crippen LogP contribution >= 0.6 is 0 Å². The van der Waals surface area contributed by atoms with Crippen molar-refractivity contribution in [3.63, 3.8) is 0 Å². The molecule has 0 N–H and O–H groups in total. The van der Waals surface area contributed by atoms with Gasteiger partial charge in [-0.25, -0.2) is 18.7 Å². The lowest BCUT2D eigenvalue weighted by Gasteiger charge is -2.13. The number of pyridine rings is 1. The highest BCUT2D eigenvalue weighted by Gasteiger charge is 2.24. The van der Waals surface area contributed by atoms with Gasteiger partial charge in [0.05, 0.1) is 30.3 Å². The van der Waals surface area contributed by atoms with Gasteiger partial charge in [0.25, 0.3) is 0 Å². The van der Waals surface area contributed by atoms with Gasteiger partial charge >= 0.3 is 5.97 Å². The maximum atomic E-state index is 14.2. The number of ether oxygens (including phenoxy) is 2. The van der Waals surface area contributed by atoms with Crippen molar-refractivity contribution in [3.8, 4) is 17.3 Å². The Morgan fingerprint density at radius 2 is 1.83 bits per heavy atom. The lowest BCUT2D eigenvalue weighted by molar-refractivity contribution is -0.140. The Morgan fingerprint density at radius 1 is 1.09 bits per heavy atom. The summed E-state index contributed by atoms with van der Waals surface area (Å²) >= 11 is 0. The molecule has 180 valence electrons. The lowest BCUT2D eigenvalue weighted by Crippen LogP contribution is -2.06. The van der Waals surface area contributed by atoms with Crippen LogP contribution in [0.4, 0.5) is 8.78 Å². The molecule has 2 aromatic carbocycles. The molecule has 0 saturated heterocycles. The van der Waals surface area contributed by atoms with Crippen molar-refractivity contribution in [3.05, 3.63) is 77.5 Å². The number of methoxy groups -OCH3 is 1. The highest BCUT2D eigenvalue weighted by molar-refractivity contribution is 5.82. The third kappa shape index (κ3) is 5.16. The number of fused-ring (bicyclic) bond motifs is 1. The van der Waals surface area contributed by atoms with Gasteiger partial charge in [-0.3, -0.25) is 4.79 Å². The summed E-state index contributed by atoms with van der Waals surface area (Å²) in [6, 6.07) is 13.7. The maximum absolute atomic E-state index is 14.2. The molecule has 0 amide bonds. The van der Waals surface area contributed by atoms with Gasteiger partial charge in [0.2, 0.25) is 5.88 Å². The summed E-state index contributed by atoms with van der Waals surface area (Å²) in [5.41, 5.74) is 3.45. The van der Waals surface area contributed by atoms with Crippen molar-refractivity contribution < 1.29 is 23.0 Å². The number of halogens is 2. The van der Waals surface area contributed by atoms with Gasteiger partial charge in [-0.1, -0.05) is 24.3 Å². The van der Waals surface area contributed by atoms with Crippen LogP contribution in [0.2, 0.25) is 0 Å². The predicted octanol–water partition coefficient (Wildman–Crippen LogP) is 5.32. The second kappa shape index (κ2) is 9.82. The number of aromatic nitrogens is 3. The molecule has 5 rings (SSSR count). The van der Waals surface area contributed by atoms with Crippen LogP contribution in [0.1, 0.15) is 30.4 Å². The fraction of sp³-hybridized carbons (Fsp3) is 0.296. The Balaban J connectivity index is 1.50. The van der Waals surface area contributed by atoms with E-state index in [1.165, 1.54) is 13.2 Å². The van der Waals surface area contributed by atoms with Crippen molar-refractivity contribution in [2.75, 3.05) is 13.7 Å². The van der Waals surface area contributed by atoms with Crippen molar-refractivity contribution >= 4 is 17.0 Å². The van der Waals surface area contributed by atoms with E-state index >= 15 is 0 Å². The molecule has 0 radical (unpaired) electrons. The van der Waals surface area contributed by atoms with E-state index in [1.54, 1.807) is 12.3 Å². The molecule has 2 heterocycles. The second-order valence-corrected chi connectivity index (χ2v) is 8.78. The molecule has 1 aliphatic carbocycles. The number of carbonyl (C=O) groups excluding carboxylic acids is 1. The van der Waals surface area contributed by atoms with Gasteiger partial charge in [-0.15, -0.1) is 0 Å². The van der Waals surface area contributed by atoms with Gasteiger partial charge in [0.15, 0.2) is 11.6 Å². The SMILES string of the molecule is COC(=O)CCc1ccc(Cn2c(-c3cccnc3OCC3CC3)nc3cc(F)c(F)cc32)cc1. The van der Waals surface area contributed by atoms with Crippen LogP contribution in [0.15, 0.2) is 54.7 Å². The van der Waals surface area contributed by atoms with Crippen LogP contribution in [0.3, 0.4) is 0 Å². The minimum Gasteiger partial charge on any atom is -0.477 e. The van der Waals surface area contributed by atoms with Crippen LogP contribution < -0.4 is 4.74 Å². The summed E-state index contributed by atoms with van der Waals surface area (Å²) in [5, 5.41) is 0. The molecule has 8 heteroatoms. The molecule has 1 aliphatic rings. The Labute approximate surface area is 201 Å². The lowest BCUT2D eigenvalue weighted by atomic mass is 10.1. The van der Waals surface area contributed by atoms with Crippen LogP contribution in [0, 0.1) is 17.6 Å². The van der Waals surface area contributed by atoms with Crippen LogP contribution in [0.5, 0.6) is 5.88 Å². The number of hydrogen-bond donors (Lipinski definition) is 0. The number of rotatable bonds is 9. The average Bonchev–Trinajstić information content (AvgIpc) is 3.65. The molecule has 2 aromatic heterocycles. The number of aryl methyl sites for hydroxylation is 1. The van der Waals surface area contributed by atoms with E-state index in [2.05, 4.69) is 9.97 Å². The van der Waals surface area contributed by atoms with Gasteiger partial charge in [0.1, 0.15) is 5.82 Å². The van der Waals surface area contributed by atoms with Gasteiger partial charge < -0.3 is 14.0 Å². The zero-order chi connectivity index (χ0) is 24.4. The monoisotopic (exact) mass is 477 g/mol. The molecule has 0 spiro atoms. The summed E-state index contributed by atoms with van der Waals surface area (Å²) in [5.74, 6) is -0.605. The van der Waals surface area contributed by atoms with E-state index in [0.717, 1.165) is 30.0 Å². The molecule has 35 heavy (non-hydrogen) atoms. The first kappa shape index (κ1) is 23.0. The Kier molecular flexibility index (Phi) is 6.44. The highest BCUT2D eigenvalue weighted by atomic mass is 19.2. The molecular formula is C27H25F2N3O3. The molecule has 6 nitrogen and oxygen atoms in total. The normalized spacial score (nSPS) is 13.2. The molecule has 4 aromatic rings. The maximum Gasteiger partial charge on any atom is 0.305 e. The smallest absolute Gasteiger partial charge is 0.305 e. The first-order valence-electron chi connectivity index (χ1n) is 11.6. The van der Waals surface area contributed by atoms with E-state index < -0.39 is 11.6 Å². The summed E-state index contributed by atoms with van der Waals surface area (Å²) in [6.07, 6.45) is 4.84. The van der Waals surface area contributed by atoms with Gasteiger partial charge in [0, 0.05) is 31.3 Å². The first-order valence-corrected chi connectivity index (χ1v) is 11.6. The van der Waals surface area contributed by atoms with Gasteiger partial charge in [-0.05, 0) is 48.4 Å². The molecule has 0 aliphatic heterocycles. The predicted molar refractivity (Wildman–Crippen MR) is 127 cm³/mol. The third-order valence-electron chi connectivity index (χ3n) is 6.16. The summed E-state index contributed by atoms with van der Waals surface area (Å²) in [4.78, 5) is 20.5. The summed E-state index contributed by atoms with van der Waals surface area (Å²) in [6.45, 7) is 0.964. The van der Waals surface area contributed by atoms with Crippen LogP contribution in [0.25, 0.3) is 22.4 Å². The standard InChI is InChI=1S/C27H25F2N3O3/c1-34-25(33)11-10-17-4-6-18(7-5-17)15-32-24-14-22(29)21(28)13-23(24)31-26(32)20-3-2-12-30-27(20)35-16-19-8-9-19/h2-7,12-14,19H,8-11,15-16H2,1H3. The second-order valence-electron chi connectivity index (χ2n) is 8.78. The topological polar surface area (TPSA) is 66.2 Å². The van der Waals surface area contributed by atoms with Crippen molar-refractivity contribution in [2.45, 2.75) is 32.2 Å². The molecular weight excluding hydrogens is 452 g/mol. The Hall–Kier alpha value is -3.81. The quantitative estimate of drug-likeness (QED) is 0.305. The Morgan fingerprint density at radius 3 is 2.57 bits per heavy atom. The fourth-order valence-corrected chi connectivity index (χ4v) is 3.99. The third-order valence-corrected chi connectivity index (χ3v) is 6.16. The number of nitrogens with zero attached hydrogens (tertiary/aromatic N) is 3.